The van der Waals surface area contributed by atoms with Crippen molar-refractivity contribution < 1.29 is 19.0 Å². The van der Waals surface area contributed by atoms with Crippen LogP contribution in [0.25, 0.3) is 0 Å². The second-order valence-electron chi connectivity index (χ2n) is 3.91. The number of aliphatic hydroxyl groups excluding tert-OH is 2. The van der Waals surface area contributed by atoms with Crippen LogP contribution in [0.15, 0.2) is 28.5 Å². The number of allylic oxidation sites excluding steroid dienone is 1. The molecule has 1 heterocycles. The summed E-state index contributed by atoms with van der Waals surface area (Å²) in [6.07, 6.45) is -2.74. The minimum atomic E-state index is -2.06. The molecule has 1 aromatic heterocycles. The third-order valence-electron chi connectivity index (χ3n) is 2.85. The number of hydrogen-bond donors (Lipinski definition) is 3. The lowest BCUT2D eigenvalue weighted by Gasteiger charge is -2.17. The highest BCUT2D eigenvalue weighted by molar-refractivity contribution is 5.30. The number of aromatic nitrogens is 2. The highest BCUT2D eigenvalue weighted by Crippen LogP contribution is 2.38. The second-order valence-corrected chi connectivity index (χ2v) is 3.91. The van der Waals surface area contributed by atoms with Crippen molar-refractivity contribution in [3.05, 3.63) is 34.1 Å². The monoisotopic (exact) mass is 259 g/mol. The molecule has 0 aliphatic heterocycles. The van der Waals surface area contributed by atoms with Gasteiger partial charge in [-0.1, -0.05) is 0 Å². The molecule has 18 heavy (non-hydrogen) atoms. The Kier molecular flexibility index (Phi) is 3.14. The summed E-state index contributed by atoms with van der Waals surface area (Å²) in [5, 5.41) is 18.3. The minimum Gasteiger partial charge on any atom is -0.392 e. The summed E-state index contributed by atoms with van der Waals surface area (Å²) in [4.78, 5) is 14.8. The maximum absolute atomic E-state index is 13.8. The van der Waals surface area contributed by atoms with Crippen LogP contribution in [0.3, 0.4) is 0 Å². The molecule has 0 saturated carbocycles. The van der Waals surface area contributed by atoms with Gasteiger partial charge in [0.15, 0.2) is 6.17 Å². The van der Waals surface area contributed by atoms with E-state index >= 15 is 0 Å². The quantitative estimate of drug-likeness (QED) is 0.651. The highest BCUT2D eigenvalue weighted by Gasteiger charge is 2.44. The van der Waals surface area contributed by atoms with Crippen molar-refractivity contribution in [2.24, 2.45) is 0 Å². The van der Waals surface area contributed by atoms with Crippen LogP contribution < -0.4 is 11.4 Å². The molecule has 0 fully saturated rings. The van der Waals surface area contributed by atoms with E-state index in [9.17, 15) is 18.7 Å². The van der Waals surface area contributed by atoms with E-state index in [-0.39, 0.29) is 5.82 Å². The number of nitrogens with zero attached hydrogens (tertiary/aromatic N) is 2. The van der Waals surface area contributed by atoms with Crippen molar-refractivity contribution in [3.63, 3.8) is 0 Å². The van der Waals surface area contributed by atoms with Gasteiger partial charge in [-0.15, -0.1) is 0 Å². The molecule has 0 saturated heterocycles. The van der Waals surface area contributed by atoms with Gasteiger partial charge in [0, 0.05) is 11.8 Å². The normalized spacial score (nSPS) is 27.9. The maximum Gasteiger partial charge on any atom is 0.350 e. The average Bonchev–Trinajstić information content (AvgIpc) is 2.52. The van der Waals surface area contributed by atoms with E-state index in [1.807, 2.05) is 0 Å². The van der Waals surface area contributed by atoms with E-state index in [4.69, 9.17) is 10.8 Å². The van der Waals surface area contributed by atoms with Crippen molar-refractivity contribution in [2.45, 2.75) is 18.3 Å². The van der Waals surface area contributed by atoms with Crippen molar-refractivity contribution in [1.82, 2.24) is 9.55 Å². The fraction of sp³-hybridized carbons (Fsp3) is 0.400. The van der Waals surface area contributed by atoms with Gasteiger partial charge in [0.25, 0.3) is 0 Å². The Morgan fingerprint density at radius 1 is 1.56 bits per heavy atom. The topological polar surface area (TPSA) is 101 Å². The third-order valence-corrected chi connectivity index (χ3v) is 2.85. The van der Waals surface area contributed by atoms with Gasteiger partial charge >= 0.3 is 5.69 Å². The summed E-state index contributed by atoms with van der Waals surface area (Å²) in [6, 6.07) is -0.409. The van der Waals surface area contributed by atoms with Gasteiger partial charge in [-0.3, -0.25) is 4.57 Å². The van der Waals surface area contributed by atoms with Crippen LogP contribution in [-0.2, 0) is 0 Å². The summed E-state index contributed by atoms with van der Waals surface area (Å²) < 4.78 is 28.3. The number of nitrogens with two attached hydrogens (primary N) is 1. The number of halogens is 2. The summed E-state index contributed by atoms with van der Waals surface area (Å²) in [5.74, 6) is -1.14. The van der Waals surface area contributed by atoms with Crippen LogP contribution in [-0.4, -0.2) is 38.6 Å². The van der Waals surface area contributed by atoms with Crippen molar-refractivity contribution >= 4 is 5.82 Å². The number of anilines is 1. The van der Waals surface area contributed by atoms with Crippen molar-refractivity contribution in [3.8, 4) is 0 Å². The smallest absolute Gasteiger partial charge is 0.350 e. The van der Waals surface area contributed by atoms with E-state index in [0.717, 1.165) is 6.20 Å². The van der Waals surface area contributed by atoms with Gasteiger partial charge < -0.3 is 15.9 Å². The Hall–Kier alpha value is -1.80. The first-order valence-corrected chi connectivity index (χ1v) is 5.13. The molecule has 4 N–H and O–H groups in total. The molecular formula is C10H11F2N3O3. The average molecular weight is 259 g/mol. The van der Waals surface area contributed by atoms with Gasteiger partial charge in [0.2, 0.25) is 0 Å². The maximum atomic E-state index is 13.8. The van der Waals surface area contributed by atoms with Crippen LogP contribution in [0.2, 0.25) is 0 Å². The van der Waals surface area contributed by atoms with E-state index in [1.54, 1.807) is 0 Å². The number of aliphatic hydroxyl groups is 2. The van der Waals surface area contributed by atoms with Crippen molar-refractivity contribution in [1.29, 1.82) is 0 Å². The standard InChI is InChI=1S/C10H11F2N3O3/c11-6-4(3-16)9(17)7(12)8(6)15-2-1-5(13)14-10(15)18/h1-2,7-9,16-17H,3H2,(H2,13,14,18)/t7?,8-,9-/m1/s1. The van der Waals surface area contributed by atoms with Crippen LogP contribution in [0.4, 0.5) is 14.6 Å². The van der Waals surface area contributed by atoms with Gasteiger partial charge in [-0.25, -0.2) is 13.6 Å². The number of rotatable bonds is 2. The fourth-order valence-corrected chi connectivity index (χ4v) is 1.92. The molecule has 8 heteroatoms. The van der Waals surface area contributed by atoms with Crippen molar-refractivity contribution in [2.75, 3.05) is 12.3 Å². The van der Waals surface area contributed by atoms with Gasteiger partial charge in [0.05, 0.1) is 6.61 Å². The number of hydrogen-bond acceptors (Lipinski definition) is 5. The Morgan fingerprint density at radius 3 is 2.72 bits per heavy atom. The van der Waals surface area contributed by atoms with E-state index in [1.165, 1.54) is 6.07 Å². The molecule has 98 valence electrons. The second kappa shape index (κ2) is 4.46. The Bertz CT molecular complexity index is 558. The lowest BCUT2D eigenvalue weighted by atomic mass is 10.1. The highest BCUT2D eigenvalue weighted by atomic mass is 19.1. The third kappa shape index (κ3) is 1.79. The molecule has 1 aliphatic rings. The molecular weight excluding hydrogens is 248 g/mol. The zero-order valence-corrected chi connectivity index (χ0v) is 9.12. The first-order valence-electron chi connectivity index (χ1n) is 5.13. The summed E-state index contributed by atoms with van der Waals surface area (Å²) in [7, 11) is 0. The van der Waals surface area contributed by atoms with Gasteiger partial charge in [-0.05, 0) is 6.07 Å². The molecule has 2 rings (SSSR count). The largest absolute Gasteiger partial charge is 0.392 e. The minimum absolute atomic E-state index is 0.0722. The number of nitrogen functional groups attached to an aromatic ring is 1. The zero-order valence-electron chi connectivity index (χ0n) is 9.12. The fourth-order valence-electron chi connectivity index (χ4n) is 1.92. The van der Waals surface area contributed by atoms with Gasteiger partial charge in [-0.2, -0.15) is 4.98 Å². The molecule has 0 bridgehead atoms. The van der Waals surface area contributed by atoms with Crippen LogP contribution >= 0.6 is 0 Å². The molecule has 0 aromatic carbocycles. The first kappa shape index (κ1) is 12.7. The summed E-state index contributed by atoms with van der Waals surface area (Å²) in [6.45, 7) is -0.818. The summed E-state index contributed by atoms with van der Waals surface area (Å²) in [5.41, 5.74) is 3.87. The lowest BCUT2D eigenvalue weighted by Crippen LogP contribution is -2.34. The van der Waals surface area contributed by atoms with Gasteiger partial charge in [0.1, 0.15) is 23.8 Å². The zero-order chi connectivity index (χ0) is 13.4. The molecule has 1 aromatic rings. The molecule has 0 radical (unpaired) electrons. The molecule has 1 aliphatic carbocycles. The summed E-state index contributed by atoms with van der Waals surface area (Å²) >= 11 is 0. The molecule has 0 amide bonds. The van der Waals surface area contributed by atoms with E-state index in [0.29, 0.717) is 4.57 Å². The van der Waals surface area contributed by atoms with Crippen LogP contribution in [0.5, 0.6) is 0 Å². The molecule has 6 nitrogen and oxygen atoms in total. The Balaban J connectivity index is 2.51. The van der Waals surface area contributed by atoms with E-state index in [2.05, 4.69) is 4.98 Å². The molecule has 0 spiro atoms. The first-order chi connectivity index (χ1) is 8.47. The van der Waals surface area contributed by atoms with Crippen LogP contribution in [0, 0.1) is 0 Å². The van der Waals surface area contributed by atoms with Crippen LogP contribution in [0.1, 0.15) is 6.04 Å². The predicted molar refractivity (Wildman–Crippen MR) is 58.1 cm³/mol. The lowest BCUT2D eigenvalue weighted by molar-refractivity contribution is 0.0878. The Labute approximate surface area is 100.0 Å². The number of alkyl halides is 1. The Morgan fingerprint density at radius 2 is 2.22 bits per heavy atom. The molecule has 1 unspecified atom stereocenters. The molecule has 3 atom stereocenters. The van der Waals surface area contributed by atoms with E-state index < -0.39 is 42.0 Å². The SMILES string of the molecule is Nc1ccn([C@@H]2C(F)=C(CO)[C@@H](O)C2F)c(=O)n1. The predicted octanol–water partition coefficient (Wildman–Crippen LogP) is -0.705.